The predicted molar refractivity (Wildman–Crippen MR) is 144 cm³/mol. The highest BCUT2D eigenvalue weighted by atomic mass is 16.6. The van der Waals surface area contributed by atoms with Crippen LogP contribution in [0.1, 0.15) is 58.1 Å². The van der Waals surface area contributed by atoms with Crippen LogP contribution in [0.15, 0.2) is 60.7 Å². The van der Waals surface area contributed by atoms with Gasteiger partial charge in [0.15, 0.2) is 0 Å². The van der Waals surface area contributed by atoms with Gasteiger partial charge >= 0.3 is 18.0 Å². The highest BCUT2D eigenvalue weighted by molar-refractivity contribution is 5.77. The van der Waals surface area contributed by atoms with Crippen LogP contribution in [-0.4, -0.2) is 36.2 Å². The lowest BCUT2D eigenvalue weighted by Crippen LogP contribution is -2.53. The maximum atomic E-state index is 12.9. The summed E-state index contributed by atoms with van der Waals surface area (Å²) in [5.74, 6) is -1.09. The molecule has 0 fully saturated rings. The third-order valence-corrected chi connectivity index (χ3v) is 6.15. The minimum Gasteiger partial charge on any atom is -0.461 e. The topological polar surface area (TPSA) is 129 Å². The molecule has 9 nitrogen and oxygen atoms in total. The lowest BCUT2D eigenvalue weighted by Gasteiger charge is -2.30. The largest absolute Gasteiger partial charge is 0.461 e. The van der Waals surface area contributed by atoms with Crippen molar-refractivity contribution in [2.75, 3.05) is 0 Å². The van der Waals surface area contributed by atoms with E-state index in [2.05, 4.69) is 10.9 Å². The summed E-state index contributed by atoms with van der Waals surface area (Å²) >= 11 is 0. The van der Waals surface area contributed by atoms with Gasteiger partial charge in [0.25, 0.3) is 0 Å². The zero-order chi connectivity index (χ0) is 27.9. The molecule has 0 saturated carbocycles. The van der Waals surface area contributed by atoms with Crippen LogP contribution in [0.25, 0.3) is 0 Å². The fourth-order valence-corrected chi connectivity index (χ4v) is 3.66. The van der Waals surface area contributed by atoms with Crippen LogP contribution in [0, 0.1) is 11.8 Å². The van der Waals surface area contributed by atoms with Crippen molar-refractivity contribution in [1.29, 1.82) is 0 Å². The second kappa shape index (κ2) is 16.4. The van der Waals surface area contributed by atoms with Crippen LogP contribution < -0.4 is 16.6 Å². The number of nitrogens with one attached hydrogen (secondary N) is 2. The fourth-order valence-electron chi connectivity index (χ4n) is 3.66. The summed E-state index contributed by atoms with van der Waals surface area (Å²) in [6, 6.07) is 17.1. The van der Waals surface area contributed by atoms with E-state index in [9.17, 15) is 14.4 Å². The monoisotopic (exact) mass is 527 g/mol. The molecule has 0 aliphatic carbocycles. The second-order valence-electron chi connectivity index (χ2n) is 9.80. The molecule has 4 atom stereocenters. The summed E-state index contributed by atoms with van der Waals surface area (Å²) in [6.45, 7) is 7.96. The molecule has 0 radical (unpaired) electrons. The molecule has 4 N–H and O–H groups in total. The van der Waals surface area contributed by atoms with E-state index in [1.165, 1.54) is 0 Å². The fraction of sp³-hybridized carbons (Fsp3) is 0.483. The molecule has 0 aliphatic heterocycles. The number of nitrogens with two attached hydrogens (primary N) is 1. The minimum absolute atomic E-state index is 0.0944. The van der Waals surface area contributed by atoms with Crippen LogP contribution >= 0.6 is 0 Å². The Balaban J connectivity index is 2.09. The first kappa shape index (κ1) is 30.8. The van der Waals surface area contributed by atoms with E-state index in [4.69, 9.17) is 19.9 Å². The van der Waals surface area contributed by atoms with Crippen LogP contribution in [-0.2, 0) is 37.0 Å². The molecule has 38 heavy (non-hydrogen) atoms. The van der Waals surface area contributed by atoms with Gasteiger partial charge in [-0.25, -0.2) is 10.2 Å². The summed E-state index contributed by atoms with van der Waals surface area (Å²) in [5.41, 5.74) is 13.2. The van der Waals surface area contributed by atoms with Gasteiger partial charge in [0.05, 0.1) is 12.5 Å². The van der Waals surface area contributed by atoms with Gasteiger partial charge in [-0.3, -0.25) is 15.0 Å². The SMILES string of the molecule is CC[C@H](C)[C@H](N)C(=O)O[C@@H](CC(=O)OCc1ccccc1)[C@H](CC(C)C)NNC(=O)OCc1ccccc1. The number of hydrogen-bond donors (Lipinski definition) is 3. The third kappa shape index (κ3) is 11.3. The average molecular weight is 528 g/mol. The maximum absolute atomic E-state index is 12.9. The Morgan fingerprint density at radius 1 is 0.868 bits per heavy atom. The Bertz CT molecular complexity index is 986. The van der Waals surface area contributed by atoms with E-state index in [1.807, 2.05) is 88.4 Å². The first-order chi connectivity index (χ1) is 18.2. The quantitative estimate of drug-likeness (QED) is 0.178. The molecule has 0 aliphatic rings. The van der Waals surface area contributed by atoms with Crippen LogP contribution in [0.4, 0.5) is 4.79 Å². The van der Waals surface area contributed by atoms with Gasteiger partial charge in [-0.05, 0) is 29.4 Å². The molecule has 0 unspecified atom stereocenters. The van der Waals surface area contributed by atoms with Gasteiger partial charge in [0, 0.05) is 0 Å². The van der Waals surface area contributed by atoms with Crippen LogP contribution in [0.3, 0.4) is 0 Å². The number of benzene rings is 2. The number of hydrogen-bond acceptors (Lipinski definition) is 8. The Morgan fingerprint density at radius 3 is 1.95 bits per heavy atom. The van der Waals surface area contributed by atoms with E-state index >= 15 is 0 Å². The average Bonchev–Trinajstić information content (AvgIpc) is 2.92. The van der Waals surface area contributed by atoms with Gasteiger partial charge in [-0.1, -0.05) is 94.8 Å². The molecule has 2 rings (SSSR count). The Morgan fingerprint density at radius 2 is 1.42 bits per heavy atom. The van der Waals surface area contributed by atoms with Crippen LogP contribution in [0.5, 0.6) is 0 Å². The molecule has 0 saturated heterocycles. The second-order valence-corrected chi connectivity index (χ2v) is 9.80. The maximum Gasteiger partial charge on any atom is 0.421 e. The van der Waals surface area contributed by atoms with E-state index < -0.39 is 36.2 Å². The summed E-state index contributed by atoms with van der Waals surface area (Å²) < 4.78 is 16.5. The zero-order valence-electron chi connectivity index (χ0n) is 22.7. The van der Waals surface area contributed by atoms with Crippen molar-refractivity contribution in [1.82, 2.24) is 10.9 Å². The summed E-state index contributed by atoms with van der Waals surface area (Å²) in [4.78, 5) is 38.0. The van der Waals surface area contributed by atoms with Gasteiger partial charge in [-0.2, -0.15) is 0 Å². The molecule has 9 heteroatoms. The molecule has 208 valence electrons. The Labute approximate surface area is 225 Å². The van der Waals surface area contributed by atoms with Crippen LogP contribution in [0.2, 0.25) is 0 Å². The van der Waals surface area contributed by atoms with Gasteiger partial charge < -0.3 is 19.9 Å². The van der Waals surface area contributed by atoms with Crippen molar-refractivity contribution in [2.45, 2.75) is 78.4 Å². The summed E-state index contributed by atoms with van der Waals surface area (Å²) in [6.07, 6.45) is -0.658. The molecule has 1 amide bonds. The van der Waals surface area contributed by atoms with Crippen molar-refractivity contribution in [3.8, 4) is 0 Å². The smallest absolute Gasteiger partial charge is 0.421 e. The molecule has 2 aromatic carbocycles. The molecule has 0 spiro atoms. The van der Waals surface area contributed by atoms with E-state index in [0.29, 0.717) is 12.8 Å². The molecule has 0 heterocycles. The first-order valence-corrected chi connectivity index (χ1v) is 13.1. The van der Waals surface area contributed by atoms with E-state index in [1.54, 1.807) is 0 Å². The number of ether oxygens (including phenoxy) is 3. The lowest BCUT2D eigenvalue weighted by molar-refractivity contribution is -0.159. The van der Waals surface area contributed by atoms with Gasteiger partial charge in [-0.15, -0.1) is 0 Å². The van der Waals surface area contributed by atoms with Gasteiger partial charge in [0.1, 0.15) is 25.4 Å². The first-order valence-electron chi connectivity index (χ1n) is 13.1. The number of carbonyl (C=O) groups is 3. The number of esters is 2. The number of carbonyl (C=O) groups excluding carboxylic acids is 3. The van der Waals surface area contributed by atoms with Crippen molar-refractivity contribution < 1.29 is 28.6 Å². The number of amides is 1. The zero-order valence-corrected chi connectivity index (χ0v) is 22.7. The molecule has 2 aromatic rings. The van der Waals surface area contributed by atoms with Crippen molar-refractivity contribution >= 4 is 18.0 Å². The minimum atomic E-state index is -0.933. The van der Waals surface area contributed by atoms with Crippen molar-refractivity contribution in [3.63, 3.8) is 0 Å². The summed E-state index contributed by atoms with van der Waals surface area (Å²) in [5, 5.41) is 0. The molecular formula is C29H41N3O6. The van der Waals surface area contributed by atoms with Crippen molar-refractivity contribution in [2.24, 2.45) is 17.6 Å². The predicted octanol–water partition coefficient (Wildman–Crippen LogP) is 4.25. The van der Waals surface area contributed by atoms with Gasteiger partial charge in [0.2, 0.25) is 0 Å². The Hall–Kier alpha value is -3.43. The molecule has 0 bridgehead atoms. The summed E-state index contributed by atoms with van der Waals surface area (Å²) in [7, 11) is 0. The highest BCUT2D eigenvalue weighted by Gasteiger charge is 2.32. The van der Waals surface area contributed by atoms with E-state index in [-0.39, 0.29) is 31.5 Å². The standard InChI is InChI=1S/C29H41N3O6/c1-5-21(4)27(30)28(34)38-25(17-26(33)36-18-22-12-8-6-9-13-22)24(16-20(2)3)31-32-29(35)37-19-23-14-10-7-11-15-23/h6-15,20-21,24-25,27,31H,5,16-19,30H2,1-4H3,(H,32,35)/t21-,24-,25-,27-/m0/s1. The molecular weight excluding hydrogens is 486 g/mol. The lowest BCUT2D eigenvalue weighted by atomic mass is 9.97. The normalized spacial score (nSPS) is 14.2. The van der Waals surface area contributed by atoms with E-state index in [0.717, 1.165) is 11.1 Å². The molecule has 0 aromatic heterocycles. The number of hydrazine groups is 1. The highest BCUT2D eigenvalue weighted by Crippen LogP contribution is 2.17. The third-order valence-electron chi connectivity index (χ3n) is 6.15. The Kier molecular flexibility index (Phi) is 13.3. The number of rotatable bonds is 15. The van der Waals surface area contributed by atoms with Crippen molar-refractivity contribution in [3.05, 3.63) is 71.8 Å².